The Morgan fingerprint density at radius 1 is 1.03 bits per heavy atom. The number of carbonyl (C=O) groups is 1. The van der Waals surface area contributed by atoms with Gasteiger partial charge in [-0.3, -0.25) is 4.79 Å². The zero-order valence-corrected chi connectivity index (χ0v) is 21.6. The number of benzene rings is 1. The molecule has 1 aromatic carbocycles. The van der Waals surface area contributed by atoms with Crippen LogP contribution >= 0.6 is 0 Å². The van der Waals surface area contributed by atoms with Gasteiger partial charge in [-0.2, -0.15) is 13.2 Å². The van der Waals surface area contributed by atoms with Crippen LogP contribution in [0.1, 0.15) is 19.4 Å². The molecule has 0 aliphatic carbocycles. The molecule has 0 aliphatic heterocycles. The van der Waals surface area contributed by atoms with E-state index < -0.39 is 34.2 Å². The SMILES string of the molecule is Cc1ccc(S(=O)(=O)n2cc(-c3ncc4ncn(C(C)(C)C(=O)NCC(F)(F)F)c4n3)c3cncnc32)cc1. The van der Waals surface area contributed by atoms with Gasteiger partial charge in [-0.15, -0.1) is 0 Å². The Morgan fingerprint density at radius 3 is 2.44 bits per heavy atom. The van der Waals surface area contributed by atoms with Crippen molar-refractivity contribution in [3.63, 3.8) is 0 Å². The van der Waals surface area contributed by atoms with Gasteiger partial charge in [0.1, 0.15) is 23.9 Å². The molecule has 202 valence electrons. The van der Waals surface area contributed by atoms with E-state index in [2.05, 4.69) is 24.9 Å². The molecule has 5 aromatic rings. The van der Waals surface area contributed by atoms with Crippen molar-refractivity contribution in [2.75, 3.05) is 6.54 Å². The molecule has 4 aromatic heterocycles. The predicted molar refractivity (Wildman–Crippen MR) is 134 cm³/mol. The molecule has 5 rings (SSSR count). The predicted octanol–water partition coefficient (Wildman–Crippen LogP) is 3.20. The van der Waals surface area contributed by atoms with E-state index in [-0.39, 0.29) is 33.1 Å². The van der Waals surface area contributed by atoms with Crippen LogP contribution in [-0.4, -0.2) is 60.5 Å². The first-order valence-electron chi connectivity index (χ1n) is 11.5. The second kappa shape index (κ2) is 9.11. The number of hydrogen-bond acceptors (Lipinski definition) is 8. The van der Waals surface area contributed by atoms with Crippen LogP contribution in [-0.2, 0) is 20.4 Å². The maximum atomic E-state index is 13.5. The first-order valence-corrected chi connectivity index (χ1v) is 12.9. The fraction of sp³-hybridized carbons (Fsp3) is 0.250. The normalized spacial score (nSPS) is 12.8. The van der Waals surface area contributed by atoms with E-state index in [0.29, 0.717) is 5.39 Å². The lowest BCUT2D eigenvalue weighted by Crippen LogP contribution is -2.47. The number of nitrogens with zero attached hydrogens (tertiary/aromatic N) is 7. The average molecular weight is 559 g/mol. The average Bonchev–Trinajstić information content (AvgIpc) is 3.49. The zero-order chi connectivity index (χ0) is 28.2. The van der Waals surface area contributed by atoms with E-state index in [1.165, 1.54) is 61.8 Å². The number of aryl methyl sites for hydroxylation is 1. The summed E-state index contributed by atoms with van der Waals surface area (Å²) in [7, 11) is -4.05. The number of imidazole rings is 1. The van der Waals surface area contributed by atoms with Gasteiger partial charge in [0.15, 0.2) is 17.1 Å². The monoisotopic (exact) mass is 558 g/mol. The van der Waals surface area contributed by atoms with Gasteiger partial charge in [-0.05, 0) is 32.9 Å². The Kier molecular flexibility index (Phi) is 6.13. The molecular weight excluding hydrogens is 537 g/mol. The fourth-order valence-electron chi connectivity index (χ4n) is 3.98. The summed E-state index contributed by atoms with van der Waals surface area (Å²) in [5.74, 6) is -0.818. The molecule has 0 saturated carbocycles. The number of halogens is 3. The number of amides is 1. The minimum atomic E-state index is -4.58. The highest BCUT2D eigenvalue weighted by Gasteiger charge is 2.35. The smallest absolute Gasteiger partial charge is 0.345 e. The molecule has 15 heteroatoms. The number of fused-ring (bicyclic) bond motifs is 2. The van der Waals surface area contributed by atoms with Gasteiger partial charge in [0.2, 0.25) is 5.91 Å². The summed E-state index contributed by atoms with van der Waals surface area (Å²) >= 11 is 0. The quantitative estimate of drug-likeness (QED) is 0.335. The van der Waals surface area contributed by atoms with Gasteiger partial charge in [0.25, 0.3) is 10.0 Å². The summed E-state index contributed by atoms with van der Waals surface area (Å²) in [4.78, 5) is 33.9. The lowest BCUT2D eigenvalue weighted by Gasteiger charge is -2.26. The van der Waals surface area contributed by atoms with Crippen LogP contribution in [0.2, 0.25) is 0 Å². The number of nitrogens with one attached hydrogen (secondary N) is 1. The molecule has 0 bridgehead atoms. The van der Waals surface area contributed by atoms with Gasteiger partial charge in [-0.25, -0.2) is 37.3 Å². The van der Waals surface area contributed by atoms with Crippen molar-refractivity contribution in [3.8, 4) is 11.4 Å². The maximum absolute atomic E-state index is 13.5. The highest BCUT2D eigenvalue weighted by atomic mass is 32.2. The van der Waals surface area contributed by atoms with E-state index in [1.807, 2.05) is 12.2 Å². The van der Waals surface area contributed by atoms with Gasteiger partial charge >= 0.3 is 6.18 Å². The number of aromatic nitrogens is 7. The zero-order valence-electron chi connectivity index (χ0n) is 20.8. The Labute approximate surface area is 219 Å². The van der Waals surface area contributed by atoms with Crippen molar-refractivity contribution >= 4 is 38.1 Å². The molecule has 0 aliphatic rings. The minimum absolute atomic E-state index is 0.0521. The van der Waals surface area contributed by atoms with Crippen molar-refractivity contribution in [1.29, 1.82) is 0 Å². The molecule has 39 heavy (non-hydrogen) atoms. The third-order valence-corrected chi connectivity index (χ3v) is 7.82. The number of carbonyl (C=O) groups excluding carboxylic acids is 1. The first-order chi connectivity index (χ1) is 18.3. The van der Waals surface area contributed by atoms with Crippen LogP contribution in [0.3, 0.4) is 0 Å². The Bertz CT molecular complexity index is 1830. The summed E-state index contributed by atoms with van der Waals surface area (Å²) in [6.45, 7) is 3.20. The van der Waals surface area contributed by atoms with Crippen molar-refractivity contribution in [3.05, 3.63) is 61.1 Å². The van der Waals surface area contributed by atoms with E-state index in [0.717, 1.165) is 9.54 Å². The van der Waals surface area contributed by atoms with E-state index >= 15 is 0 Å². The van der Waals surface area contributed by atoms with Crippen LogP contribution in [0.5, 0.6) is 0 Å². The Hall–Kier alpha value is -4.40. The molecule has 1 amide bonds. The van der Waals surface area contributed by atoms with Gasteiger partial charge in [0, 0.05) is 23.3 Å². The molecule has 11 nitrogen and oxygen atoms in total. The summed E-state index contributed by atoms with van der Waals surface area (Å²) in [6, 6.07) is 6.34. The first kappa shape index (κ1) is 26.2. The highest BCUT2D eigenvalue weighted by molar-refractivity contribution is 7.90. The maximum Gasteiger partial charge on any atom is 0.405 e. The summed E-state index contributed by atoms with van der Waals surface area (Å²) < 4.78 is 67.3. The largest absolute Gasteiger partial charge is 0.405 e. The lowest BCUT2D eigenvalue weighted by molar-refractivity contribution is -0.142. The van der Waals surface area contributed by atoms with Crippen molar-refractivity contribution < 1.29 is 26.4 Å². The summed E-state index contributed by atoms with van der Waals surface area (Å²) in [5, 5.41) is 2.23. The van der Waals surface area contributed by atoms with Gasteiger partial charge < -0.3 is 9.88 Å². The number of hydrogen-bond donors (Lipinski definition) is 1. The topological polar surface area (TPSA) is 138 Å². The molecule has 4 heterocycles. The molecule has 0 spiro atoms. The molecular formula is C24H21F3N8O3S. The van der Waals surface area contributed by atoms with E-state index in [9.17, 15) is 26.4 Å². The van der Waals surface area contributed by atoms with Crippen LogP contribution in [0.25, 0.3) is 33.6 Å². The Morgan fingerprint density at radius 2 is 1.74 bits per heavy atom. The number of rotatable bonds is 6. The molecule has 0 saturated heterocycles. The van der Waals surface area contributed by atoms with Crippen molar-refractivity contribution in [1.82, 2.24) is 38.8 Å². The van der Waals surface area contributed by atoms with Gasteiger partial charge in [0.05, 0.1) is 17.4 Å². The summed E-state index contributed by atoms with van der Waals surface area (Å²) in [5.41, 5.74) is 0.217. The molecule has 0 radical (unpaired) electrons. The van der Waals surface area contributed by atoms with Crippen molar-refractivity contribution in [2.45, 2.75) is 37.4 Å². The van der Waals surface area contributed by atoms with Crippen LogP contribution in [0, 0.1) is 6.92 Å². The standard InChI is InChI=1S/C24H21F3N8O3S/c1-14-4-6-15(7-5-14)39(37,38)35-10-17(16-8-28-12-31-20(16)35)19-29-9-18-21(33-19)34(13-32-18)23(2,3)22(36)30-11-24(25,26)27/h4-10,12-13H,11H2,1-3H3,(H,30,36). The lowest BCUT2D eigenvalue weighted by atomic mass is 10.0. The molecule has 1 N–H and O–H groups in total. The molecule has 0 fully saturated rings. The van der Waals surface area contributed by atoms with Crippen LogP contribution in [0.4, 0.5) is 13.2 Å². The second-order valence-corrected chi connectivity index (χ2v) is 11.1. The molecule has 0 unspecified atom stereocenters. The Balaban J connectivity index is 1.62. The van der Waals surface area contributed by atoms with E-state index in [1.54, 1.807) is 12.1 Å². The third kappa shape index (κ3) is 4.69. The third-order valence-electron chi connectivity index (χ3n) is 6.15. The summed E-state index contributed by atoms with van der Waals surface area (Å²) in [6.07, 6.45) is 2.06. The number of alkyl halides is 3. The molecule has 0 atom stereocenters. The highest BCUT2D eigenvalue weighted by Crippen LogP contribution is 2.31. The fourth-order valence-corrected chi connectivity index (χ4v) is 5.30. The van der Waals surface area contributed by atoms with Crippen LogP contribution < -0.4 is 5.32 Å². The van der Waals surface area contributed by atoms with Crippen LogP contribution in [0.15, 0.2) is 60.4 Å². The van der Waals surface area contributed by atoms with Gasteiger partial charge in [-0.1, -0.05) is 17.7 Å². The van der Waals surface area contributed by atoms with E-state index in [4.69, 9.17) is 0 Å². The second-order valence-electron chi connectivity index (χ2n) is 9.29. The minimum Gasteiger partial charge on any atom is -0.345 e. The van der Waals surface area contributed by atoms with Crippen molar-refractivity contribution in [2.24, 2.45) is 0 Å².